The Morgan fingerprint density at radius 2 is 1.63 bits per heavy atom. The van der Waals surface area contributed by atoms with Crippen molar-refractivity contribution in [1.82, 2.24) is 0 Å². The maximum atomic E-state index is 12.8. The van der Waals surface area contributed by atoms with Crippen LogP contribution in [0.15, 0.2) is 18.2 Å². The highest BCUT2D eigenvalue weighted by molar-refractivity contribution is 14.1. The predicted octanol–water partition coefficient (Wildman–Crippen LogP) is 5.69. The van der Waals surface area contributed by atoms with Gasteiger partial charge in [0.25, 0.3) is 0 Å². The molecular weight excluding hydrogens is 384 g/mol. The molecule has 0 aliphatic carbocycles. The van der Waals surface area contributed by atoms with E-state index in [2.05, 4.69) is 20.8 Å². The zero-order chi connectivity index (χ0) is 15.1. The minimum atomic E-state index is -4.34. The van der Waals surface area contributed by atoms with Gasteiger partial charge in [-0.2, -0.15) is 13.2 Å². The smallest absolute Gasteiger partial charge is 0.417 e. The largest absolute Gasteiger partial charge is 0.543 e. The van der Waals surface area contributed by atoms with Gasteiger partial charge >= 0.3 is 6.18 Å². The third kappa shape index (κ3) is 4.11. The summed E-state index contributed by atoms with van der Waals surface area (Å²) in [6.45, 7) is 10.2. The lowest BCUT2D eigenvalue weighted by Crippen LogP contribution is -2.43. The third-order valence-corrected chi connectivity index (χ3v) is 8.72. The van der Waals surface area contributed by atoms with Crippen LogP contribution in [0.2, 0.25) is 18.1 Å². The fourth-order valence-corrected chi connectivity index (χ4v) is 2.90. The Labute approximate surface area is 126 Å². The highest BCUT2D eigenvalue weighted by atomic mass is 127. The van der Waals surface area contributed by atoms with Crippen molar-refractivity contribution >= 4 is 30.9 Å². The van der Waals surface area contributed by atoms with Crippen LogP contribution in [0, 0.1) is 3.57 Å². The van der Waals surface area contributed by atoms with Gasteiger partial charge in [0.2, 0.25) is 8.32 Å². The number of rotatable bonds is 2. The van der Waals surface area contributed by atoms with Crippen molar-refractivity contribution < 1.29 is 17.6 Å². The maximum absolute atomic E-state index is 12.8. The number of halogens is 4. The van der Waals surface area contributed by atoms with Crippen LogP contribution in [-0.2, 0) is 6.18 Å². The Morgan fingerprint density at radius 1 is 1.11 bits per heavy atom. The van der Waals surface area contributed by atoms with Gasteiger partial charge < -0.3 is 4.43 Å². The van der Waals surface area contributed by atoms with Gasteiger partial charge in [0.1, 0.15) is 5.75 Å². The van der Waals surface area contributed by atoms with E-state index in [-0.39, 0.29) is 8.61 Å². The van der Waals surface area contributed by atoms with Crippen LogP contribution in [0.25, 0.3) is 0 Å². The lowest BCUT2D eigenvalue weighted by atomic mass is 10.2. The van der Waals surface area contributed by atoms with Crippen molar-refractivity contribution in [3.63, 3.8) is 0 Å². The fraction of sp³-hybridized carbons (Fsp3) is 0.538. The van der Waals surface area contributed by atoms with Gasteiger partial charge in [-0.1, -0.05) is 20.8 Å². The first-order chi connectivity index (χ1) is 8.34. The summed E-state index contributed by atoms with van der Waals surface area (Å²) >= 11 is 1.69. The van der Waals surface area contributed by atoms with E-state index in [0.717, 1.165) is 6.07 Å². The van der Waals surface area contributed by atoms with Crippen molar-refractivity contribution in [2.45, 2.75) is 45.1 Å². The minimum Gasteiger partial charge on any atom is -0.543 e. The Balaban J connectivity index is 3.12. The molecule has 0 unspecified atom stereocenters. The fourth-order valence-electron chi connectivity index (χ4n) is 1.23. The summed E-state index contributed by atoms with van der Waals surface area (Å²) in [7, 11) is -2.11. The van der Waals surface area contributed by atoms with Crippen molar-refractivity contribution in [3.05, 3.63) is 27.3 Å². The van der Waals surface area contributed by atoms with E-state index in [1.54, 1.807) is 28.7 Å². The van der Waals surface area contributed by atoms with Crippen LogP contribution >= 0.6 is 22.6 Å². The van der Waals surface area contributed by atoms with Crippen molar-refractivity contribution in [2.75, 3.05) is 0 Å². The zero-order valence-electron chi connectivity index (χ0n) is 11.7. The Morgan fingerprint density at radius 3 is 2.05 bits per heavy atom. The first-order valence-corrected chi connectivity index (χ1v) is 9.89. The third-order valence-electron chi connectivity index (χ3n) is 3.42. The van der Waals surface area contributed by atoms with Gasteiger partial charge in [-0.05, 0) is 58.9 Å². The molecule has 0 bridgehead atoms. The van der Waals surface area contributed by atoms with E-state index < -0.39 is 20.1 Å². The minimum absolute atomic E-state index is 0.0472. The quantitative estimate of drug-likeness (QED) is 0.456. The molecule has 0 amide bonds. The average molecular weight is 402 g/mol. The van der Waals surface area contributed by atoms with E-state index in [9.17, 15) is 13.2 Å². The molecule has 0 N–H and O–H groups in total. The molecule has 0 saturated carbocycles. The van der Waals surface area contributed by atoms with Crippen LogP contribution in [0.3, 0.4) is 0 Å². The first-order valence-electron chi connectivity index (χ1n) is 5.90. The van der Waals surface area contributed by atoms with Gasteiger partial charge in [-0.3, -0.25) is 0 Å². The number of hydrogen-bond donors (Lipinski definition) is 0. The lowest BCUT2D eigenvalue weighted by molar-refractivity contribution is -0.138. The molecule has 0 radical (unpaired) electrons. The summed E-state index contributed by atoms with van der Waals surface area (Å²) in [4.78, 5) is 0. The normalized spacial score (nSPS) is 13.5. The highest BCUT2D eigenvalue weighted by Crippen LogP contribution is 2.39. The molecule has 0 atom stereocenters. The summed E-state index contributed by atoms with van der Waals surface area (Å²) in [5.74, 6) is 0.305. The van der Waals surface area contributed by atoms with Gasteiger partial charge in [-0.15, -0.1) is 0 Å². The van der Waals surface area contributed by atoms with Gasteiger partial charge in [0.05, 0.1) is 5.56 Å². The molecule has 0 aliphatic rings. The van der Waals surface area contributed by atoms with Gasteiger partial charge in [0, 0.05) is 3.57 Å². The molecule has 0 heterocycles. The molecule has 1 nitrogen and oxygen atoms in total. The Kier molecular flexibility index (Phi) is 4.66. The first kappa shape index (κ1) is 16.8. The van der Waals surface area contributed by atoms with Crippen LogP contribution < -0.4 is 4.43 Å². The molecule has 0 aliphatic heterocycles. The van der Waals surface area contributed by atoms with E-state index in [1.165, 1.54) is 6.07 Å². The predicted molar refractivity (Wildman–Crippen MR) is 82.0 cm³/mol. The number of benzene rings is 1. The van der Waals surface area contributed by atoms with E-state index >= 15 is 0 Å². The SMILES string of the molecule is CC(C)(C)[Si](C)(C)Oc1ccc(I)c(C(F)(F)F)c1. The Hall–Kier alpha value is -0.243. The summed E-state index contributed by atoms with van der Waals surface area (Å²) in [5, 5.41) is -0.0472. The van der Waals surface area contributed by atoms with E-state index in [4.69, 9.17) is 4.43 Å². The van der Waals surface area contributed by atoms with Crippen LogP contribution in [-0.4, -0.2) is 8.32 Å². The highest BCUT2D eigenvalue weighted by Gasteiger charge is 2.40. The van der Waals surface area contributed by atoms with Crippen molar-refractivity contribution in [3.8, 4) is 5.75 Å². The molecule has 0 spiro atoms. The van der Waals surface area contributed by atoms with Crippen LogP contribution in [0.5, 0.6) is 5.75 Å². The molecule has 1 aromatic rings. The standard InChI is InChI=1S/C13H18F3IOSi/c1-12(2,3)19(4,5)18-9-6-7-11(17)10(8-9)13(14,15)16/h6-8H,1-5H3. The lowest BCUT2D eigenvalue weighted by Gasteiger charge is -2.36. The molecule has 0 saturated heterocycles. The molecule has 0 aromatic heterocycles. The molecule has 1 aromatic carbocycles. The molecule has 6 heteroatoms. The van der Waals surface area contributed by atoms with Crippen molar-refractivity contribution in [2.24, 2.45) is 0 Å². The zero-order valence-corrected chi connectivity index (χ0v) is 14.8. The van der Waals surface area contributed by atoms with Gasteiger partial charge in [-0.25, -0.2) is 0 Å². The van der Waals surface area contributed by atoms with E-state index in [1.807, 2.05) is 13.1 Å². The van der Waals surface area contributed by atoms with Crippen LogP contribution in [0.1, 0.15) is 26.3 Å². The molecule has 19 heavy (non-hydrogen) atoms. The monoisotopic (exact) mass is 402 g/mol. The van der Waals surface area contributed by atoms with E-state index in [0.29, 0.717) is 5.75 Å². The molecule has 1 rings (SSSR count). The molecule has 0 fully saturated rings. The van der Waals surface area contributed by atoms with Crippen LogP contribution in [0.4, 0.5) is 13.2 Å². The second kappa shape index (κ2) is 5.27. The number of hydrogen-bond acceptors (Lipinski definition) is 1. The average Bonchev–Trinajstić information content (AvgIpc) is 2.17. The van der Waals surface area contributed by atoms with Gasteiger partial charge in [0.15, 0.2) is 0 Å². The van der Waals surface area contributed by atoms with Crippen molar-refractivity contribution in [1.29, 1.82) is 0 Å². The molecular formula is C13H18F3IOSi. The second-order valence-electron chi connectivity index (χ2n) is 6.00. The maximum Gasteiger partial charge on any atom is 0.417 e. The summed E-state index contributed by atoms with van der Waals surface area (Å²) in [6, 6.07) is 4.16. The number of alkyl halides is 3. The summed E-state index contributed by atoms with van der Waals surface area (Å²) in [6.07, 6.45) is -4.34. The topological polar surface area (TPSA) is 9.23 Å². The summed E-state index contributed by atoms with van der Waals surface area (Å²) < 4.78 is 44.6. The second-order valence-corrected chi connectivity index (χ2v) is 11.9. The summed E-state index contributed by atoms with van der Waals surface area (Å²) in [5.41, 5.74) is -0.635. The Bertz CT molecular complexity index is 464. The molecule has 108 valence electrons.